The van der Waals surface area contributed by atoms with Gasteiger partial charge in [0.25, 0.3) is 0 Å². The summed E-state index contributed by atoms with van der Waals surface area (Å²) in [5, 5.41) is 6.28. The van der Waals surface area contributed by atoms with E-state index in [-0.39, 0.29) is 11.9 Å². The van der Waals surface area contributed by atoms with E-state index in [1.807, 2.05) is 19.1 Å². The predicted octanol–water partition coefficient (Wildman–Crippen LogP) is 2.41. The van der Waals surface area contributed by atoms with Crippen LogP contribution in [0.4, 0.5) is 11.4 Å². The van der Waals surface area contributed by atoms with Crippen molar-refractivity contribution in [3.8, 4) is 0 Å². The van der Waals surface area contributed by atoms with Crippen molar-refractivity contribution in [3.63, 3.8) is 0 Å². The number of hydrogen-bond acceptors (Lipinski definition) is 3. The van der Waals surface area contributed by atoms with Gasteiger partial charge in [-0.25, -0.2) is 0 Å². The lowest BCUT2D eigenvalue weighted by molar-refractivity contribution is -0.116. The summed E-state index contributed by atoms with van der Waals surface area (Å²) in [6, 6.07) is 6.34. The van der Waals surface area contributed by atoms with Gasteiger partial charge in [0.2, 0.25) is 5.91 Å². The molecule has 1 aromatic carbocycles. The third kappa shape index (κ3) is 3.23. The minimum atomic E-state index is 0.105. The van der Waals surface area contributed by atoms with Gasteiger partial charge in [0.1, 0.15) is 0 Å². The molecule has 4 heteroatoms. The SMILES string of the molecule is CCOCC(C)Nc1ccc2c(c1)CCC(=O)N2. The van der Waals surface area contributed by atoms with Crippen LogP contribution in [0.1, 0.15) is 25.8 Å². The van der Waals surface area contributed by atoms with Crippen molar-refractivity contribution in [2.75, 3.05) is 23.8 Å². The summed E-state index contributed by atoms with van der Waals surface area (Å²) in [5.41, 5.74) is 3.22. The Balaban J connectivity index is 2.00. The molecule has 1 unspecified atom stereocenters. The third-order valence-electron chi connectivity index (χ3n) is 2.99. The molecule has 1 aliphatic rings. The first-order chi connectivity index (χ1) is 8.69. The molecule has 0 saturated heterocycles. The lowest BCUT2D eigenvalue weighted by atomic mass is 10.0. The highest BCUT2D eigenvalue weighted by atomic mass is 16.5. The molecule has 0 fully saturated rings. The van der Waals surface area contributed by atoms with E-state index < -0.39 is 0 Å². The molecule has 4 nitrogen and oxygen atoms in total. The van der Waals surface area contributed by atoms with Gasteiger partial charge in [-0.15, -0.1) is 0 Å². The van der Waals surface area contributed by atoms with Crippen molar-refractivity contribution in [1.82, 2.24) is 0 Å². The van der Waals surface area contributed by atoms with E-state index in [1.165, 1.54) is 5.56 Å². The maximum atomic E-state index is 11.3. The number of amides is 1. The monoisotopic (exact) mass is 248 g/mol. The zero-order valence-electron chi connectivity index (χ0n) is 11.0. The van der Waals surface area contributed by atoms with Crippen LogP contribution >= 0.6 is 0 Å². The van der Waals surface area contributed by atoms with Crippen LogP contribution in [0.15, 0.2) is 18.2 Å². The zero-order chi connectivity index (χ0) is 13.0. The number of nitrogens with one attached hydrogen (secondary N) is 2. The van der Waals surface area contributed by atoms with Gasteiger partial charge in [0.05, 0.1) is 6.61 Å². The average molecular weight is 248 g/mol. The van der Waals surface area contributed by atoms with Gasteiger partial charge in [-0.3, -0.25) is 4.79 Å². The fourth-order valence-electron chi connectivity index (χ4n) is 2.09. The largest absolute Gasteiger partial charge is 0.380 e. The van der Waals surface area contributed by atoms with Crippen molar-refractivity contribution in [2.24, 2.45) is 0 Å². The lowest BCUT2D eigenvalue weighted by Gasteiger charge is -2.20. The Bertz CT molecular complexity index is 432. The van der Waals surface area contributed by atoms with Crippen LogP contribution in [0.2, 0.25) is 0 Å². The minimum Gasteiger partial charge on any atom is -0.380 e. The predicted molar refractivity (Wildman–Crippen MR) is 73.0 cm³/mol. The molecule has 0 bridgehead atoms. The summed E-state index contributed by atoms with van der Waals surface area (Å²) >= 11 is 0. The van der Waals surface area contributed by atoms with Crippen LogP contribution in [0.3, 0.4) is 0 Å². The van der Waals surface area contributed by atoms with E-state index in [1.54, 1.807) is 0 Å². The summed E-state index contributed by atoms with van der Waals surface area (Å²) in [5.74, 6) is 0.105. The number of ether oxygens (including phenoxy) is 1. The fourth-order valence-corrected chi connectivity index (χ4v) is 2.09. The fraction of sp³-hybridized carbons (Fsp3) is 0.500. The molecule has 1 atom stereocenters. The number of rotatable bonds is 5. The Morgan fingerprint density at radius 3 is 3.06 bits per heavy atom. The van der Waals surface area contributed by atoms with Gasteiger partial charge in [-0.05, 0) is 44.0 Å². The van der Waals surface area contributed by atoms with Gasteiger partial charge in [-0.1, -0.05) is 0 Å². The maximum Gasteiger partial charge on any atom is 0.224 e. The van der Waals surface area contributed by atoms with Crippen molar-refractivity contribution in [1.29, 1.82) is 0 Å². The normalized spacial score (nSPS) is 15.8. The molecular formula is C14H20N2O2. The Labute approximate surface area is 108 Å². The van der Waals surface area contributed by atoms with Gasteiger partial charge >= 0.3 is 0 Å². The van der Waals surface area contributed by atoms with Crippen molar-refractivity contribution < 1.29 is 9.53 Å². The molecule has 2 rings (SSSR count). The lowest BCUT2D eigenvalue weighted by Crippen LogP contribution is -2.22. The summed E-state index contributed by atoms with van der Waals surface area (Å²) in [4.78, 5) is 11.3. The van der Waals surface area contributed by atoms with Crippen LogP contribution in [-0.4, -0.2) is 25.2 Å². The topological polar surface area (TPSA) is 50.4 Å². The molecule has 0 spiro atoms. The van der Waals surface area contributed by atoms with Crippen molar-refractivity contribution in [3.05, 3.63) is 23.8 Å². The summed E-state index contributed by atoms with van der Waals surface area (Å²) in [6.07, 6.45) is 1.39. The number of aryl methyl sites for hydroxylation is 1. The Hall–Kier alpha value is -1.55. The van der Waals surface area contributed by atoms with Crippen LogP contribution in [-0.2, 0) is 16.0 Å². The smallest absolute Gasteiger partial charge is 0.224 e. The van der Waals surface area contributed by atoms with Crippen LogP contribution in [0.5, 0.6) is 0 Å². The summed E-state index contributed by atoms with van der Waals surface area (Å²) in [7, 11) is 0. The van der Waals surface area contributed by atoms with Gasteiger partial charge in [-0.2, -0.15) is 0 Å². The second-order valence-corrected chi connectivity index (χ2v) is 4.62. The highest BCUT2D eigenvalue weighted by molar-refractivity contribution is 5.94. The molecule has 1 amide bonds. The molecule has 1 aliphatic heterocycles. The van der Waals surface area contributed by atoms with E-state index in [2.05, 4.69) is 23.6 Å². The summed E-state index contributed by atoms with van der Waals surface area (Å²) in [6.45, 7) is 5.53. The standard InChI is InChI=1S/C14H20N2O2/c1-3-18-9-10(2)15-12-5-6-13-11(8-12)4-7-14(17)16-13/h5-6,8,10,15H,3-4,7,9H2,1-2H3,(H,16,17). The minimum absolute atomic E-state index is 0.105. The van der Waals surface area contributed by atoms with Crippen molar-refractivity contribution >= 4 is 17.3 Å². The Kier molecular flexibility index (Phi) is 4.20. The van der Waals surface area contributed by atoms with Crippen LogP contribution < -0.4 is 10.6 Å². The maximum absolute atomic E-state index is 11.3. The van der Waals surface area contributed by atoms with E-state index in [9.17, 15) is 4.79 Å². The number of benzene rings is 1. The Morgan fingerprint density at radius 1 is 1.44 bits per heavy atom. The molecule has 1 heterocycles. The first-order valence-corrected chi connectivity index (χ1v) is 6.46. The summed E-state index contributed by atoms with van der Waals surface area (Å²) < 4.78 is 5.37. The highest BCUT2D eigenvalue weighted by Gasteiger charge is 2.15. The molecular weight excluding hydrogens is 228 g/mol. The van der Waals surface area contributed by atoms with Gasteiger partial charge in [0.15, 0.2) is 0 Å². The van der Waals surface area contributed by atoms with E-state index in [0.717, 1.165) is 24.4 Å². The first kappa shape index (κ1) is 12.9. The molecule has 98 valence electrons. The molecule has 0 aromatic heterocycles. The molecule has 0 radical (unpaired) electrons. The molecule has 2 N–H and O–H groups in total. The number of hydrogen-bond donors (Lipinski definition) is 2. The molecule has 18 heavy (non-hydrogen) atoms. The molecule has 0 aliphatic carbocycles. The van der Waals surface area contributed by atoms with E-state index >= 15 is 0 Å². The van der Waals surface area contributed by atoms with Crippen LogP contribution in [0.25, 0.3) is 0 Å². The second-order valence-electron chi connectivity index (χ2n) is 4.62. The Morgan fingerprint density at radius 2 is 2.28 bits per heavy atom. The quantitative estimate of drug-likeness (QED) is 0.841. The first-order valence-electron chi connectivity index (χ1n) is 6.46. The van der Waals surface area contributed by atoms with E-state index in [0.29, 0.717) is 13.0 Å². The number of anilines is 2. The third-order valence-corrected chi connectivity index (χ3v) is 2.99. The van der Waals surface area contributed by atoms with Gasteiger partial charge in [0, 0.05) is 30.4 Å². The highest BCUT2D eigenvalue weighted by Crippen LogP contribution is 2.25. The second kappa shape index (κ2) is 5.87. The number of carbonyl (C=O) groups excluding carboxylic acids is 1. The molecule has 1 aromatic rings. The van der Waals surface area contributed by atoms with E-state index in [4.69, 9.17) is 4.74 Å². The van der Waals surface area contributed by atoms with Gasteiger partial charge < -0.3 is 15.4 Å². The number of fused-ring (bicyclic) bond motifs is 1. The molecule has 0 saturated carbocycles. The average Bonchev–Trinajstić information content (AvgIpc) is 2.36. The van der Waals surface area contributed by atoms with Crippen molar-refractivity contribution in [2.45, 2.75) is 32.7 Å². The number of carbonyl (C=O) groups is 1. The van der Waals surface area contributed by atoms with Crippen LogP contribution in [0, 0.1) is 0 Å². The zero-order valence-corrected chi connectivity index (χ0v) is 11.0.